The highest BCUT2D eigenvalue weighted by molar-refractivity contribution is 5.82. The summed E-state index contributed by atoms with van der Waals surface area (Å²) in [6.07, 6.45) is -3.15. The largest absolute Gasteiger partial charge is 0.417 e. The lowest BCUT2D eigenvalue weighted by Crippen LogP contribution is -2.20. The van der Waals surface area contributed by atoms with Crippen molar-refractivity contribution in [2.24, 2.45) is 7.05 Å². The van der Waals surface area contributed by atoms with Gasteiger partial charge in [0.2, 0.25) is 5.88 Å². The molecule has 2 aromatic rings. The van der Waals surface area contributed by atoms with Gasteiger partial charge < -0.3 is 9.30 Å². The predicted octanol–water partition coefficient (Wildman–Crippen LogP) is 3.17. The Hall–Kier alpha value is -1.58. The minimum atomic E-state index is -3.15. The summed E-state index contributed by atoms with van der Waals surface area (Å²) in [6.45, 7) is 0.727. The molecule has 2 nitrogen and oxygen atoms in total. The van der Waals surface area contributed by atoms with Crippen LogP contribution in [0.1, 0.15) is 6.92 Å². The van der Waals surface area contributed by atoms with E-state index in [1.165, 1.54) is 0 Å². The third-order valence-corrected chi connectivity index (χ3v) is 2.19. The van der Waals surface area contributed by atoms with Crippen molar-refractivity contribution in [3.8, 4) is 5.88 Å². The third kappa shape index (κ3) is 1.93. The van der Waals surface area contributed by atoms with E-state index >= 15 is 0 Å². The number of ether oxygens (including phenoxy) is 1. The second-order valence-corrected chi connectivity index (χ2v) is 3.51. The molecule has 0 aliphatic carbocycles. The molecule has 0 aliphatic heterocycles. The van der Waals surface area contributed by atoms with E-state index in [1.54, 1.807) is 17.7 Å². The van der Waals surface area contributed by atoms with Gasteiger partial charge in [-0.05, 0) is 6.07 Å². The summed E-state index contributed by atoms with van der Waals surface area (Å²) in [5.41, 5.74) is 0.872. The number of aromatic nitrogens is 1. The Labute approximate surface area is 86.1 Å². The normalized spacial score (nSPS) is 12.0. The molecule has 0 saturated carbocycles. The maximum atomic E-state index is 12.7. The van der Waals surface area contributed by atoms with Gasteiger partial charge in [-0.3, -0.25) is 0 Å². The van der Waals surface area contributed by atoms with Crippen LogP contribution in [0, 0.1) is 0 Å². The maximum Gasteiger partial charge on any atom is 0.395 e. The second kappa shape index (κ2) is 3.22. The first-order valence-electron chi connectivity index (χ1n) is 4.59. The Morgan fingerprint density at radius 2 is 1.93 bits per heavy atom. The van der Waals surface area contributed by atoms with Crippen molar-refractivity contribution in [3.05, 3.63) is 30.3 Å². The number of fused-ring (bicyclic) bond motifs is 1. The second-order valence-electron chi connectivity index (χ2n) is 3.51. The zero-order chi connectivity index (χ0) is 11.1. The van der Waals surface area contributed by atoms with E-state index in [0.29, 0.717) is 0 Å². The molecule has 80 valence electrons. The van der Waals surface area contributed by atoms with Crippen LogP contribution >= 0.6 is 0 Å². The molecule has 0 radical (unpaired) electrons. The molecule has 1 heterocycles. The van der Waals surface area contributed by atoms with Crippen LogP contribution in [0.3, 0.4) is 0 Å². The van der Waals surface area contributed by atoms with Gasteiger partial charge in [0.1, 0.15) is 0 Å². The zero-order valence-corrected chi connectivity index (χ0v) is 8.50. The molecule has 0 saturated heterocycles. The minimum absolute atomic E-state index is 0.170. The van der Waals surface area contributed by atoms with Gasteiger partial charge in [-0.2, -0.15) is 8.78 Å². The Morgan fingerprint density at radius 3 is 2.53 bits per heavy atom. The van der Waals surface area contributed by atoms with E-state index < -0.39 is 6.11 Å². The van der Waals surface area contributed by atoms with Crippen molar-refractivity contribution in [1.82, 2.24) is 4.57 Å². The number of nitrogens with zero attached hydrogens (tertiary/aromatic N) is 1. The topological polar surface area (TPSA) is 14.2 Å². The van der Waals surface area contributed by atoms with Crippen LogP contribution in [-0.2, 0) is 7.05 Å². The van der Waals surface area contributed by atoms with Gasteiger partial charge >= 0.3 is 6.11 Å². The summed E-state index contributed by atoms with van der Waals surface area (Å²) >= 11 is 0. The lowest BCUT2D eigenvalue weighted by atomic mass is 10.2. The molecule has 1 aromatic heterocycles. The average Bonchev–Trinajstić information content (AvgIpc) is 2.42. The van der Waals surface area contributed by atoms with Gasteiger partial charge in [0.05, 0.1) is 5.52 Å². The van der Waals surface area contributed by atoms with E-state index in [9.17, 15) is 8.78 Å². The van der Waals surface area contributed by atoms with Crippen molar-refractivity contribution >= 4 is 10.9 Å². The summed E-state index contributed by atoms with van der Waals surface area (Å²) in [5, 5.41) is 0.888. The molecule has 0 unspecified atom stereocenters. The fourth-order valence-corrected chi connectivity index (χ4v) is 1.55. The highest BCUT2D eigenvalue weighted by Gasteiger charge is 2.25. The average molecular weight is 211 g/mol. The first-order chi connectivity index (χ1) is 6.97. The fourth-order valence-electron chi connectivity index (χ4n) is 1.55. The predicted molar refractivity (Wildman–Crippen MR) is 54.2 cm³/mol. The van der Waals surface area contributed by atoms with Crippen LogP contribution in [0.2, 0.25) is 0 Å². The molecule has 2 rings (SSSR count). The molecule has 0 spiro atoms. The maximum absolute atomic E-state index is 12.7. The smallest absolute Gasteiger partial charge is 0.395 e. The van der Waals surface area contributed by atoms with Gasteiger partial charge in [-0.15, -0.1) is 0 Å². The molecule has 0 bridgehead atoms. The lowest BCUT2D eigenvalue weighted by molar-refractivity contribution is -0.162. The SMILES string of the molecule is Cn1c(OC(C)(F)F)cc2ccccc21. The molecule has 0 aliphatic rings. The van der Waals surface area contributed by atoms with Gasteiger partial charge in [0.15, 0.2) is 0 Å². The molecule has 4 heteroatoms. The zero-order valence-electron chi connectivity index (χ0n) is 8.50. The summed E-state index contributed by atoms with van der Waals surface area (Å²) in [5.74, 6) is 0.170. The molecular formula is C11H11F2NO. The summed E-state index contributed by atoms with van der Waals surface area (Å²) in [7, 11) is 1.70. The van der Waals surface area contributed by atoms with Crippen LogP contribution in [0.25, 0.3) is 10.9 Å². The lowest BCUT2D eigenvalue weighted by Gasteiger charge is -2.13. The summed E-state index contributed by atoms with van der Waals surface area (Å²) in [6, 6.07) is 9.03. The number of aryl methyl sites for hydroxylation is 1. The molecule has 0 amide bonds. The number of hydrogen-bond acceptors (Lipinski definition) is 1. The van der Waals surface area contributed by atoms with E-state index in [-0.39, 0.29) is 5.88 Å². The van der Waals surface area contributed by atoms with Crippen LogP contribution in [0.4, 0.5) is 8.78 Å². The highest BCUT2D eigenvalue weighted by atomic mass is 19.3. The minimum Gasteiger partial charge on any atom is -0.417 e. The summed E-state index contributed by atoms with van der Waals surface area (Å²) in [4.78, 5) is 0. The summed E-state index contributed by atoms with van der Waals surface area (Å²) < 4.78 is 31.5. The molecule has 0 fully saturated rings. The van der Waals surface area contributed by atoms with Gasteiger partial charge in [0, 0.05) is 25.4 Å². The molecule has 1 aromatic carbocycles. The van der Waals surface area contributed by atoms with E-state index in [4.69, 9.17) is 0 Å². The van der Waals surface area contributed by atoms with Crippen molar-refractivity contribution in [1.29, 1.82) is 0 Å². The molecule has 0 N–H and O–H groups in total. The van der Waals surface area contributed by atoms with Crippen molar-refractivity contribution < 1.29 is 13.5 Å². The van der Waals surface area contributed by atoms with Crippen LogP contribution < -0.4 is 4.74 Å². The van der Waals surface area contributed by atoms with E-state index in [1.807, 2.05) is 24.3 Å². The standard InChI is InChI=1S/C11H11F2NO/c1-11(12,13)15-10-7-8-5-3-4-6-9(8)14(10)2/h3-7H,1-2H3. The first kappa shape index (κ1) is 9.96. The van der Waals surface area contributed by atoms with Crippen LogP contribution in [-0.4, -0.2) is 10.7 Å². The quantitative estimate of drug-likeness (QED) is 0.744. The number of para-hydroxylation sites is 1. The van der Waals surface area contributed by atoms with E-state index in [0.717, 1.165) is 17.8 Å². The Morgan fingerprint density at radius 1 is 1.27 bits per heavy atom. The molecule has 0 atom stereocenters. The first-order valence-corrected chi connectivity index (χ1v) is 4.59. The number of halogens is 2. The number of alkyl halides is 2. The highest BCUT2D eigenvalue weighted by Crippen LogP contribution is 2.27. The number of benzene rings is 1. The van der Waals surface area contributed by atoms with Crippen molar-refractivity contribution in [2.75, 3.05) is 0 Å². The molecular weight excluding hydrogens is 200 g/mol. The Bertz CT molecular complexity index is 485. The fraction of sp³-hybridized carbons (Fsp3) is 0.273. The third-order valence-electron chi connectivity index (χ3n) is 2.19. The van der Waals surface area contributed by atoms with Gasteiger partial charge in [-0.25, -0.2) is 0 Å². The van der Waals surface area contributed by atoms with Gasteiger partial charge in [0.25, 0.3) is 0 Å². The van der Waals surface area contributed by atoms with Crippen LogP contribution in [0.15, 0.2) is 30.3 Å². The Kier molecular flexibility index (Phi) is 2.14. The van der Waals surface area contributed by atoms with Crippen LogP contribution in [0.5, 0.6) is 5.88 Å². The van der Waals surface area contributed by atoms with Gasteiger partial charge in [-0.1, -0.05) is 18.2 Å². The number of hydrogen-bond donors (Lipinski definition) is 0. The van der Waals surface area contributed by atoms with Crippen molar-refractivity contribution in [3.63, 3.8) is 0 Å². The number of rotatable bonds is 2. The molecule has 15 heavy (non-hydrogen) atoms. The van der Waals surface area contributed by atoms with E-state index in [2.05, 4.69) is 4.74 Å². The Balaban J connectivity index is 2.49. The van der Waals surface area contributed by atoms with Crippen molar-refractivity contribution in [2.45, 2.75) is 13.0 Å². The monoisotopic (exact) mass is 211 g/mol.